The molecule has 2 aromatic rings. The number of furan rings is 1. The van der Waals surface area contributed by atoms with Crippen LogP contribution in [0.4, 0.5) is 5.13 Å². The third-order valence-corrected chi connectivity index (χ3v) is 3.55. The van der Waals surface area contributed by atoms with Crippen LogP contribution in [0, 0.1) is 0 Å². The number of methoxy groups -OCH3 is 1. The summed E-state index contributed by atoms with van der Waals surface area (Å²) in [5.41, 5.74) is -0.814. The number of aromatic hydroxyl groups is 1. The molecular formula is C15H16N2O7S. The Morgan fingerprint density at radius 1 is 1.32 bits per heavy atom. The van der Waals surface area contributed by atoms with Gasteiger partial charge in [-0.25, -0.2) is 14.6 Å². The minimum Gasteiger partial charge on any atom is -0.503 e. The summed E-state index contributed by atoms with van der Waals surface area (Å²) in [6.07, 6.45) is 0.437. The van der Waals surface area contributed by atoms with Gasteiger partial charge in [-0.1, -0.05) is 0 Å². The van der Waals surface area contributed by atoms with Crippen LogP contribution in [0.5, 0.6) is 5.75 Å². The lowest BCUT2D eigenvalue weighted by Gasteiger charge is -2.18. The van der Waals surface area contributed by atoms with E-state index in [1.54, 1.807) is 20.8 Å². The van der Waals surface area contributed by atoms with Crippen molar-refractivity contribution in [2.45, 2.75) is 26.4 Å². The quantitative estimate of drug-likeness (QED) is 0.608. The molecule has 0 atom stereocenters. The van der Waals surface area contributed by atoms with Gasteiger partial charge in [-0.2, -0.15) is 0 Å². The van der Waals surface area contributed by atoms with Crippen LogP contribution >= 0.6 is 11.3 Å². The maximum Gasteiger partial charge on any atom is 0.377 e. The lowest BCUT2D eigenvalue weighted by molar-refractivity contribution is -0.105. The summed E-state index contributed by atoms with van der Waals surface area (Å²) in [4.78, 5) is 38.7. The first kappa shape index (κ1) is 18.5. The van der Waals surface area contributed by atoms with Crippen LogP contribution in [-0.4, -0.2) is 41.2 Å². The number of anilines is 1. The topological polar surface area (TPSA) is 128 Å². The number of thiazole rings is 1. The largest absolute Gasteiger partial charge is 0.503 e. The lowest BCUT2D eigenvalue weighted by atomic mass is 10.1. The van der Waals surface area contributed by atoms with Gasteiger partial charge in [-0.15, -0.1) is 11.3 Å². The molecule has 0 aliphatic carbocycles. The molecule has 2 N–H and O–H groups in total. The zero-order valence-corrected chi connectivity index (χ0v) is 14.7. The van der Waals surface area contributed by atoms with Gasteiger partial charge in [-0.3, -0.25) is 4.79 Å². The van der Waals surface area contributed by atoms with E-state index in [9.17, 15) is 19.5 Å². The van der Waals surface area contributed by atoms with Crippen LogP contribution in [0.3, 0.4) is 0 Å². The number of carbonyl (C=O) groups excluding carboxylic acids is 3. The molecule has 134 valence electrons. The van der Waals surface area contributed by atoms with E-state index >= 15 is 0 Å². The van der Waals surface area contributed by atoms with E-state index in [4.69, 9.17) is 9.15 Å². The molecule has 0 bridgehead atoms. The Morgan fingerprint density at radius 3 is 2.56 bits per heavy atom. The molecule has 25 heavy (non-hydrogen) atoms. The van der Waals surface area contributed by atoms with Gasteiger partial charge in [0, 0.05) is 5.38 Å². The number of nitrogens with zero attached hydrogens (tertiary/aromatic N) is 1. The second kappa shape index (κ2) is 6.93. The van der Waals surface area contributed by atoms with E-state index in [-0.39, 0.29) is 16.4 Å². The minimum absolute atomic E-state index is 0.121. The van der Waals surface area contributed by atoms with Crippen molar-refractivity contribution >= 4 is 34.8 Å². The lowest BCUT2D eigenvalue weighted by Crippen LogP contribution is -2.24. The first-order chi connectivity index (χ1) is 11.7. The van der Waals surface area contributed by atoms with E-state index in [0.29, 0.717) is 6.41 Å². The first-order valence-corrected chi connectivity index (χ1v) is 7.89. The molecule has 0 fully saturated rings. The fourth-order valence-electron chi connectivity index (χ4n) is 1.86. The van der Waals surface area contributed by atoms with Crippen molar-refractivity contribution in [1.82, 2.24) is 4.98 Å². The predicted molar refractivity (Wildman–Crippen MR) is 87.7 cm³/mol. The van der Waals surface area contributed by atoms with E-state index in [0.717, 1.165) is 18.4 Å². The van der Waals surface area contributed by atoms with Crippen molar-refractivity contribution in [3.05, 3.63) is 16.9 Å². The second-order valence-corrected chi connectivity index (χ2v) is 6.64. The van der Waals surface area contributed by atoms with Crippen molar-refractivity contribution in [1.29, 1.82) is 0 Å². The number of amides is 1. The SMILES string of the molecule is COC(=O)c1oc(C(=O)OC(C)(C)C)c(-c2csc(NC=O)n2)c1O. The molecule has 10 heteroatoms. The Hall–Kier alpha value is -2.88. The second-order valence-electron chi connectivity index (χ2n) is 5.78. The average Bonchev–Trinajstić information content (AvgIpc) is 3.09. The van der Waals surface area contributed by atoms with Crippen molar-refractivity contribution in [2.75, 3.05) is 12.4 Å². The molecule has 9 nitrogen and oxygen atoms in total. The zero-order chi connectivity index (χ0) is 18.8. The Balaban J connectivity index is 2.58. The summed E-state index contributed by atoms with van der Waals surface area (Å²) in [5.74, 6) is -3.39. The number of hydrogen-bond donors (Lipinski definition) is 2. The Kier molecular flexibility index (Phi) is 5.12. The monoisotopic (exact) mass is 368 g/mol. The summed E-state index contributed by atoms with van der Waals surface area (Å²) >= 11 is 1.06. The van der Waals surface area contributed by atoms with Gasteiger partial charge in [0.15, 0.2) is 10.9 Å². The van der Waals surface area contributed by atoms with Gasteiger partial charge in [0.2, 0.25) is 12.2 Å². The fourth-order valence-corrected chi connectivity index (χ4v) is 2.53. The summed E-state index contributed by atoms with van der Waals surface area (Å²) in [6.45, 7) is 4.97. The fraction of sp³-hybridized carbons (Fsp3) is 0.333. The average molecular weight is 368 g/mol. The maximum atomic E-state index is 12.4. The van der Waals surface area contributed by atoms with Gasteiger partial charge in [-0.05, 0) is 20.8 Å². The Labute approximate surface area is 146 Å². The van der Waals surface area contributed by atoms with Crippen molar-refractivity contribution < 1.29 is 33.4 Å². The van der Waals surface area contributed by atoms with Gasteiger partial charge in [0.1, 0.15) is 5.60 Å². The highest BCUT2D eigenvalue weighted by molar-refractivity contribution is 7.14. The molecular weight excluding hydrogens is 352 g/mol. The molecule has 0 aromatic carbocycles. The number of carbonyl (C=O) groups is 3. The van der Waals surface area contributed by atoms with Crippen LogP contribution < -0.4 is 5.32 Å². The molecule has 2 rings (SSSR count). The van der Waals surface area contributed by atoms with Crippen molar-refractivity contribution in [3.63, 3.8) is 0 Å². The highest BCUT2D eigenvalue weighted by Crippen LogP contribution is 2.40. The summed E-state index contributed by atoms with van der Waals surface area (Å²) in [6, 6.07) is 0. The molecule has 0 saturated carbocycles. The van der Waals surface area contributed by atoms with Crippen LogP contribution in [0.1, 0.15) is 41.9 Å². The highest BCUT2D eigenvalue weighted by Gasteiger charge is 2.33. The van der Waals surface area contributed by atoms with Gasteiger partial charge < -0.3 is 24.3 Å². The number of ether oxygens (including phenoxy) is 2. The van der Waals surface area contributed by atoms with Crippen LogP contribution in [-0.2, 0) is 14.3 Å². The van der Waals surface area contributed by atoms with Crippen LogP contribution in [0.2, 0.25) is 0 Å². The van der Waals surface area contributed by atoms with Crippen molar-refractivity contribution in [2.24, 2.45) is 0 Å². The van der Waals surface area contributed by atoms with E-state index in [2.05, 4.69) is 15.0 Å². The molecule has 2 aromatic heterocycles. The molecule has 0 spiro atoms. The molecule has 0 aliphatic heterocycles. The van der Waals surface area contributed by atoms with Gasteiger partial charge in [0.05, 0.1) is 18.4 Å². The van der Waals surface area contributed by atoms with E-state index in [1.165, 1.54) is 5.38 Å². The number of nitrogens with one attached hydrogen (secondary N) is 1. The smallest absolute Gasteiger partial charge is 0.377 e. The molecule has 1 amide bonds. The third kappa shape index (κ3) is 3.97. The normalized spacial score (nSPS) is 11.0. The van der Waals surface area contributed by atoms with Gasteiger partial charge >= 0.3 is 11.9 Å². The minimum atomic E-state index is -0.963. The Morgan fingerprint density at radius 2 is 2.00 bits per heavy atom. The van der Waals surface area contributed by atoms with Crippen molar-refractivity contribution in [3.8, 4) is 17.0 Å². The number of aromatic nitrogens is 1. The summed E-state index contributed by atoms with van der Waals surface area (Å²) in [7, 11) is 1.10. The van der Waals surface area contributed by atoms with E-state index < -0.39 is 34.8 Å². The number of hydrogen-bond acceptors (Lipinski definition) is 9. The molecule has 0 unspecified atom stereocenters. The van der Waals surface area contributed by atoms with Gasteiger partial charge in [0.25, 0.3) is 5.76 Å². The molecule has 0 aliphatic rings. The molecule has 2 heterocycles. The summed E-state index contributed by atoms with van der Waals surface area (Å²) < 4.78 is 15.0. The Bertz CT molecular complexity index is 816. The number of rotatable bonds is 5. The maximum absolute atomic E-state index is 12.4. The first-order valence-electron chi connectivity index (χ1n) is 7.01. The van der Waals surface area contributed by atoms with E-state index in [1.807, 2.05) is 0 Å². The highest BCUT2D eigenvalue weighted by atomic mass is 32.1. The molecule has 0 radical (unpaired) electrons. The van der Waals surface area contributed by atoms with Crippen LogP contribution in [0.25, 0.3) is 11.3 Å². The molecule has 0 saturated heterocycles. The van der Waals surface area contributed by atoms with Crippen LogP contribution in [0.15, 0.2) is 9.80 Å². The summed E-state index contributed by atoms with van der Waals surface area (Å²) in [5, 5.41) is 14.4. The number of esters is 2. The zero-order valence-electron chi connectivity index (χ0n) is 13.9. The predicted octanol–water partition coefficient (Wildman–Crippen LogP) is 2.42. The third-order valence-electron chi connectivity index (χ3n) is 2.78. The standard InChI is InChI=1S/C15H16N2O7S/c1-15(2,3)24-13(21)10-8(7-5-25-14(17-7)16-6-18)9(19)11(23-10)12(20)22-4/h5-6,19H,1-4H3,(H,16,17,18).